The van der Waals surface area contributed by atoms with Gasteiger partial charge < -0.3 is 18.9 Å². The van der Waals surface area contributed by atoms with Crippen LogP contribution in [0.25, 0.3) is 0 Å². The maximum absolute atomic E-state index is 11.3. The Bertz CT molecular complexity index is 694. The minimum absolute atomic E-state index is 0.223. The van der Waals surface area contributed by atoms with Crippen LogP contribution in [-0.2, 0) is 38.1 Å². The van der Waals surface area contributed by atoms with E-state index in [-0.39, 0.29) is 24.0 Å². The van der Waals surface area contributed by atoms with Gasteiger partial charge in [-0.05, 0) is 0 Å². The van der Waals surface area contributed by atoms with Crippen LogP contribution in [0.4, 0.5) is 0 Å². The van der Waals surface area contributed by atoms with E-state index < -0.39 is 47.9 Å². The maximum Gasteiger partial charge on any atom is 0.320 e. The smallest absolute Gasteiger partial charge is 0.320 e. The van der Waals surface area contributed by atoms with Crippen molar-refractivity contribution >= 4 is 23.9 Å². The molecule has 4 saturated heterocycles. The molecule has 5 heterocycles. The lowest BCUT2D eigenvalue weighted by Gasteiger charge is -2.09. The highest BCUT2D eigenvalue weighted by molar-refractivity contribution is 5.98. The lowest BCUT2D eigenvalue weighted by Crippen LogP contribution is -2.26. The van der Waals surface area contributed by atoms with Crippen molar-refractivity contribution in [1.82, 2.24) is 0 Å². The van der Waals surface area contributed by atoms with E-state index in [0.717, 1.165) is 0 Å². The summed E-state index contributed by atoms with van der Waals surface area (Å²) in [6.07, 6.45) is 5.35. The molecule has 4 fully saturated rings. The number of rotatable bonds is 2. The molecule has 0 radical (unpaired) electrons. The summed E-state index contributed by atoms with van der Waals surface area (Å²) in [4.78, 5) is 44.8. The summed E-state index contributed by atoms with van der Waals surface area (Å²) < 4.78 is 19.8. The van der Waals surface area contributed by atoms with E-state index >= 15 is 0 Å². The van der Waals surface area contributed by atoms with Gasteiger partial charge in [-0.2, -0.15) is 0 Å². The van der Waals surface area contributed by atoms with Gasteiger partial charge in [0.2, 0.25) is 0 Å². The van der Waals surface area contributed by atoms with E-state index in [1.807, 2.05) is 12.2 Å². The molecule has 0 aromatic heterocycles. The molecule has 0 amide bonds. The first-order valence-electron chi connectivity index (χ1n) is 8.21. The molecule has 0 aromatic rings. The highest BCUT2D eigenvalue weighted by Crippen LogP contribution is 2.44. The third kappa shape index (κ3) is 2.29. The largest absolute Gasteiger partial charge is 0.393 e. The standard InChI is InChI=1S/C10H10O4.C8H6O4/c1-3-5-7-8(6(4-2)13-5)10(12)14-9(7)11;9-7-5-3-1-2-4(11-3)6(5)8(10)12-7/h3-8H,1-2H2;1-6H. The molecule has 5 rings (SSSR count). The normalized spacial score (nSPS) is 44.2. The average Bonchev–Trinajstić information content (AvgIpc) is 3.38. The quantitative estimate of drug-likeness (QED) is 0.387. The van der Waals surface area contributed by atoms with Crippen molar-refractivity contribution in [3.8, 4) is 0 Å². The van der Waals surface area contributed by atoms with Crippen molar-refractivity contribution in [2.45, 2.75) is 24.4 Å². The van der Waals surface area contributed by atoms with Crippen molar-refractivity contribution in [3.05, 3.63) is 37.5 Å². The van der Waals surface area contributed by atoms with E-state index in [2.05, 4.69) is 22.6 Å². The number of ether oxygens (including phenoxy) is 4. The fourth-order valence-corrected chi connectivity index (χ4v) is 4.07. The van der Waals surface area contributed by atoms with Gasteiger partial charge in [-0.15, -0.1) is 13.2 Å². The van der Waals surface area contributed by atoms with E-state index in [1.165, 1.54) is 12.2 Å². The molecule has 0 aliphatic carbocycles. The predicted molar refractivity (Wildman–Crippen MR) is 83.0 cm³/mol. The van der Waals surface area contributed by atoms with Gasteiger partial charge in [0.05, 0.1) is 24.4 Å². The molecule has 8 atom stereocenters. The monoisotopic (exact) mass is 360 g/mol. The third-order valence-corrected chi connectivity index (χ3v) is 5.26. The van der Waals surface area contributed by atoms with E-state index in [9.17, 15) is 19.2 Å². The van der Waals surface area contributed by atoms with Crippen LogP contribution < -0.4 is 0 Å². The molecule has 0 N–H and O–H groups in total. The maximum atomic E-state index is 11.3. The van der Waals surface area contributed by atoms with E-state index in [0.29, 0.717) is 0 Å². The number of fused-ring (bicyclic) bond motifs is 6. The van der Waals surface area contributed by atoms with Crippen LogP contribution in [-0.4, -0.2) is 48.3 Å². The van der Waals surface area contributed by atoms with Gasteiger partial charge >= 0.3 is 23.9 Å². The van der Waals surface area contributed by atoms with Crippen LogP contribution in [0.3, 0.4) is 0 Å². The molecular formula is C18H16O8. The Morgan fingerprint density at radius 3 is 1.42 bits per heavy atom. The molecule has 0 saturated carbocycles. The van der Waals surface area contributed by atoms with Crippen molar-refractivity contribution < 1.29 is 38.1 Å². The summed E-state index contributed by atoms with van der Waals surface area (Å²) in [5.74, 6) is -3.71. The lowest BCUT2D eigenvalue weighted by atomic mass is 9.85. The number of hydrogen-bond acceptors (Lipinski definition) is 8. The van der Waals surface area contributed by atoms with Crippen molar-refractivity contribution in [2.75, 3.05) is 0 Å². The predicted octanol–water partition coefficient (Wildman–Crippen LogP) is 0.0810. The van der Waals surface area contributed by atoms with Gasteiger partial charge in [0.15, 0.2) is 0 Å². The molecule has 8 unspecified atom stereocenters. The number of carbonyl (C=O) groups is 4. The summed E-state index contributed by atoms with van der Waals surface area (Å²) in [5, 5.41) is 0. The summed E-state index contributed by atoms with van der Waals surface area (Å²) >= 11 is 0. The highest BCUT2D eigenvalue weighted by atomic mass is 16.6. The van der Waals surface area contributed by atoms with Crippen molar-refractivity contribution in [1.29, 1.82) is 0 Å². The number of carbonyl (C=O) groups excluding carboxylic acids is 4. The summed E-state index contributed by atoms with van der Waals surface area (Å²) in [6, 6.07) is 0. The lowest BCUT2D eigenvalue weighted by molar-refractivity contribution is -0.158. The van der Waals surface area contributed by atoms with Crippen LogP contribution >= 0.6 is 0 Å². The zero-order chi connectivity index (χ0) is 18.6. The van der Waals surface area contributed by atoms with Gasteiger partial charge in [-0.1, -0.05) is 24.3 Å². The fraction of sp³-hybridized carbons (Fsp3) is 0.444. The molecule has 0 spiro atoms. The Morgan fingerprint density at radius 1 is 0.654 bits per heavy atom. The van der Waals surface area contributed by atoms with Crippen molar-refractivity contribution in [2.24, 2.45) is 23.7 Å². The first-order chi connectivity index (χ1) is 12.5. The van der Waals surface area contributed by atoms with Crippen LogP contribution in [0.1, 0.15) is 0 Å². The van der Waals surface area contributed by atoms with E-state index in [4.69, 9.17) is 9.47 Å². The Labute approximate surface area is 148 Å². The summed E-state index contributed by atoms with van der Waals surface area (Å²) in [6.45, 7) is 7.11. The minimum atomic E-state index is -0.539. The van der Waals surface area contributed by atoms with E-state index in [1.54, 1.807) is 0 Å². The molecular weight excluding hydrogens is 344 g/mol. The molecule has 8 heteroatoms. The zero-order valence-electron chi connectivity index (χ0n) is 13.6. The molecule has 8 nitrogen and oxygen atoms in total. The van der Waals surface area contributed by atoms with Crippen molar-refractivity contribution in [3.63, 3.8) is 0 Å². The van der Waals surface area contributed by atoms with Gasteiger partial charge in [-0.25, -0.2) is 0 Å². The van der Waals surface area contributed by atoms with Crippen LogP contribution in [0.5, 0.6) is 0 Å². The van der Waals surface area contributed by atoms with Gasteiger partial charge in [0, 0.05) is 0 Å². The Kier molecular flexibility index (Phi) is 3.89. The highest BCUT2D eigenvalue weighted by Gasteiger charge is 2.59. The van der Waals surface area contributed by atoms with Crippen LogP contribution in [0.15, 0.2) is 37.5 Å². The number of hydrogen-bond donors (Lipinski definition) is 0. The molecule has 5 aliphatic rings. The number of esters is 4. The summed E-state index contributed by atoms with van der Waals surface area (Å²) in [5.41, 5.74) is 0. The Hall–Kier alpha value is -2.58. The number of cyclic esters (lactones) is 4. The SMILES string of the molecule is C=CC1OC(C=C)C2C(=O)OC(=O)C12.O=C1OC(=O)C2C3C=CC(O3)C12. The molecule has 5 aliphatic heterocycles. The van der Waals surface area contributed by atoms with Crippen LogP contribution in [0.2, 0.25) is 0 Å². The second kappa shape index (κ2) is 6.00. The summed E-state index contributed by atoms with van der Waals surface area (Å²) in [7, 11) is 0. The Morgan fingerprint density at radius 2 is 1.04 bits per heavy atom. The first kappa shape index (κ1) is 16.9. The third-order valence-electron chi connectivity index (χ3n) is 5.26. The topological polar surface area (TPSA) is 105 Å². The second-order valence-electron chi connectivity index (χ2n) is 6.57. The second-order valence-corrected chi connectivity index (χ2v) is 6.57. The fourth-order valence-electron chi connectivity index (χ4n) is 4.07. The minimum Gasteiger partial charge on any atom is -0.393 e. The van der Waals surface area contributed by atoms with Gasteiger partial charge in [-0.3, -0.25) is 19.2 Å². The van der Waals surface area contributed by atoms with Crippen LogP contribution in [0, 0.1) is 23.7 Å². The molecule has 2 bridgehead atoms. The molecule has 26 heavy (non-hydrogen) atoms. The average molecular weight is 360 g/mol. The molecule has 0 aromatic carbocycles. The van der Waals surface area contributed by atoms with Gasteiger partial charge in [0.25, 0.3) is 0 Å². The zero-order valence-corrected chi connectivity index (χ0v) is 13.6. The first-order valence-corrected chi connectivity index (χ1v) is 8.21. The molecule has 136 valence electrons. The Balaban J connectivity index is 0.000000130. The van der Waals surface area contributed by atoms with Gasteiger partial charge in [0.1, 0.15) is 23.7 Å².